The van der Waals surface area contributed by atoms with E-state index >= 15 is 0 Å². The number of likely N-dealkylation sites (tertiary alicyclic amines) is 1. The molecule has 8 nitrogen and oxygen atoms in total. The third-order valence-electron chi connectivity index (χ3n) is 8.91. The number of ether oxygens (including phenoxy) is 1. The van der Waals surface area contributed by atoms with Gasteiger partial charge in [0, 0.05) is 18.0 Å². The molecule has 2 aliphatic carbocycles. The minimum atomic E-state index is -1.10. The number of hydrogen-bond donors (Lipinski definition) is 2. The fourth-order valence-corrected chi connectivity index (χ4v) is 6.43. The summed E-state index contributed by atoms with van der Waals surface area (Å²) >= 11 is 0. The zero-order chi connectivity index (χ0) is 28.6. The highest BCUT2D eigenvalue weighted by Gasteiger charge is 2.49. The molecule has 9 heteroatoms. The van der Waals surface area contributed by atoms with Gasteiger partial charge in [0.25, 0.3) is 5.91 Å². The number of benzene rings is 2. The standard InChI is InChI=1S/C32H35FN6O2/c1-20(33)30(40)36-23(11-15-34)18-35-29-26-9-8-22(25-7-3-5-21-10-12-32(13-14-32)28(21)25)17-27(26)37-31(38-29)41-19-24-6-4-16-39(24)2/h3,5,7-9,17,23-24H,1,4,6,10-14,16,18-19H2,2H3,(H,36,40)(H,35,37,38)/t23-,24-/m0/s1. The number of rotatable bonds is 10. The van der Waals surface area contributed by atoms with Gasteiger partial charge in [0.05, 0.1) is 24.0 Å². The summed E-state index contributed by atoms with van der Waals surface area (Å²) in [6.07, 6.45) is 7.07. The Kier molecular flexibility index (Phi) is 7.35. The van der Waals surface area contributed by atoms with Crippen molar-refractivity contribution in [1.82, 2.24) is 20.2 Å². The number of nitrogens with one attached hydrogen (secondary N) is 2. The van der Waals surface area contributed by atoms with E-state index in [1.165, 1.54) is 36.0 Å². The Labute approximate surface area is 239 Å². The van der Waals surface area contributed by atoms with Crippen LogP contribution in [0.3, 0.4) is 0 Å². The van der Waals surface area contributed by atoms with Crippen LogP contribution in [0.4, 0.5) is 10.2 Å². The van der Waals surface area contributed by atoms with Gasteiger partial charge in [0.1, 0.15) is 12.4 Å². The van der Waals surface area contributed by atoms with Gasteiger partial charge in [-0.2, -0.15) is 15.2 Å². The quantitative estimate of drug-likeness (QED) is 0.339. The summed E-state index contributed by atoms with van der Waals surface area (Å²) in [6.45, 7) is 4.74. The van der Waals surface area contributed by atoms with E-state index in [1.54, 1.807) is 0 Å². The average molecular weight is 555 g/mol. The number of halogens is 1. The lowest BCUT2D eigenvalue weighted by Gasteiger charge is -2.20. The van der Waals surface area contributed by atoms with Gasteiger partial charge in [-0.05, 0) is 91.9 Å². The molecule has 1 amide bonds. The summed E-state index contributed by atoms with van der Waals surface area (Å²) in [5.41, 5.74) is 6.42. The van der Waals surface area contributed by atoms with Crippen molar-refractivity contribution in [3.8, 4) is 23.2 Å². The zero-order valence-electron chi connectivity index (χ0n) is 23.4. The van der Waals surface area contributed by atoms with Crippen molar-refractivity contribution in [2.75, 3.05) is 32.1 Å². The molecule has 2 fully saturated rings. The number of amides is 1. The number of nitriles is 1. The maximum Gasteiger partial charge on any atom is 0.318 e. The Morgan fingerprint density at radius 1 is 1.29 bits per heavy atom. The van der Waals surface area contributed by atoms with E-state index in [0.29, 0.717) is 23.9 Å². The molecule has 1 saturated heterocycles. The molecule has 2 N–H and O–H groups in total. The molecule has 2 aromatic carbocycles. The molecule has 0 bridgehead atoms. The van der Waals surface area contributed by atoms with Crippen LogP contribution in [-0.2, 0) is 16.6 Å². The molecule has 1 aliphatic heterocycles. The van der Waals surface area contributed by atoms with Crippen LogP contribution in [0.25, 0.3) is 22.0 Å². The van der Waals surface area contributed by atoms with Crippen molar-refractivity contribution < 1.29 is 13.9 Å². The Morgan fingerprint density at radius 3 is 2.88 bits per heavy atom. The van der Waals surface area contributed by atoms with Crippen LogP contribution >= 0.6 is 0 Å². The van der Waals surface area contributed by atoms with Crippen molar-refractivity contribution in [3.63, 3.8) is 0 Å². The molecular weight excluding hydrogens is 519 g/mol. The molecule has 6 rings (SSSR count). The van der Waals surface area contributed by atoms with Gasteiger partial charge in [-0.25, -0.2) is 4.39 Å². The first-order chi connectivity index (χ1) is 19.9. The van der Waals surface area contributed by atoms with E-state index in [4.69, 9.17) is 9.72 Å². The Bertz CT molecular complexity index is 1550. The molecule has 41 heavy (non-hydrogen) atoms. The fraction of sp³-hybridized carbons (Fsp3) is 0.438. The van der Waals surface area contributed by atoms with E-state index in [9.17, 15) is 14.4 Å². The number of hydrogen-bond acceptors (Lipinski definition) is 7. The summed E-state index contributed by atoms with van der Waals surface area (Å²) in [4.78, 5) is 23.7. The average Bonchev–Trinajstić information content (AvgIpc) is 3.50. The second-order valence-corrected chi connectivity index (χ2v) is 11.6. The molecule has 1 aromatic heterocycles. The van der Waals surface area contributed by atoms with Crippen LogP contribution in [-0.4, -0.2) is 59.6 Å². The summed E-state index contributed by atoms with van der Waals surface area (Å²) < 4.78 is 19.5. The van der Waals surface area contributed by atoms with E-state index < -0.39 is 17.8 Å². The second-order valence-electron chi connectivity index (χ2n) is 11.6. The summed E-state index contributed by atoms with van der Waals surface area (Å²) in [5, 5.41) is 15.8. The SMILES string of the molecule is C=C(F)C(=O)N[C@@H](CC#N)CNc1nc(OC[C@@H]2CCCN2C)nc2cc(-c3cccc4c3C3(CC4)CC3)ccc12. The molecular formula is C32H35FN6O2. The maximum atomic E-state index is 13.3. The second kappa shape index (κ2) is 11.1. The lowest BCUT2D eigenvalue weighted by Crippen LogP contribution is -2.39. The molecule has 3 aromatic rings. The highest BCUT2D eigenvalue weighted by atomic mass is 19.1. The number of anilines is 1. The van der Waals surface area contributed by atoms with Gasteiger partial charge in [-0.15, -0.1) is 0 Å². The number of nitrogens with zero attached hydrogens (tertiary/aromatic N) is 4. The van der Waals surface area contributed by atoms with Crippen molar-refractivity contribution in [2.24, 2.45) is 0 Å². The molecule has 1 spiro atoms. The number of fused-ring (bicyclic) bond motifs is 3. The Balaban J connectivity index is 1.33. The summed E-state index contributed by atoms with van der Waals surface area (Å²) in [6, 6.07) is 14.8. The lowest BCUT2D eigenvalue weighted by atomic mass is 9.89. The van der Waals surface area contributed by atoms with Gasteiger partial charge >= 0.3 is 6.01 Å². The third kappa shape index (κ3) is 5.49. The highest BCUT2D eigenvalue weighted by molar-refractivity contribution is 5.93. The molecule has 0 unspecified atom stereocenters. The van der Waals surface area contributed by atoms with Gasteiger partial charge in [0.15, 0.2) is 5.83 Å². The molecule has 2 atom stereocenters. The minimum absolute atomic E-state index is 0.00256. The lowest BCUT2D eigenvalue weighted by molar-refractivity contribution is -0.119. The van der Waals surface area contributed by atoms with Crippen LogP contribution in [0.5, 0.6) is 6.01 Å². The Hall–Kier alpha value is -4.03. The van der Waals surface area contributed by atoms with Crippen molar-refractivity contribution in [3.05, 3.63) is 59.9 Å². The van der Waals surface area contributed by atoms with Crippen LogP contribution in [0.1, 0.15) is 49.7 Å². The van der Waals surface area contributed by atoms with E-state index in [0.717, 1.165) is 42.3 Å². The predicted molar refractivity (Wildman–Crippen MR) is 156 cm³/mol. The molecule has 3 aliphatic rings. The van der Waals surface area contributed by atoms with Crippen molar-refractivity contribution in [2.45, 2.75) is 62.4 Å². The largest absolute Gasteiger partial charge is 0.462 e. The number of aryl methyl sites for hydroxylation is 1. The molecule has 2 heterocycles. The minimum Gasteiger partial charge on any atom is -0.462 e. The maximum absolute atomic E-state index is 13.3. The van der Waals surface area contributed by atoms with E-state index in [-0.39, 0.29) is 19.0 Å². The van der Waals surface area contributed by atoms with Crippen LogP contribution < -0.4 is 15.4 Å². The van der Waals surface area contributed by atoms with Crippen LogP contribution in [0.2, 0.25) is 0 Å². The summed E-state index contributed by atoms with van der Waals surface area (Å²) in [7, 11) is 2.10. The van der Waals surface area contributed by atoms with Gasteiger partial charge in [0.2, 0.25) is 0 Å². The highest BCUT2D eigenvalue weighted by Crippen LogP contribution is 2.59. The first-order valence-electron chi connectivity index (χ1n) is 14.4. The molecule has 0 radical (unpaired) electrons. The number of aromatic nitrogens is 2. The zero-order valence-corrected chi connectivity index (χ0v) is 23.4. The van der Waals surface area contributed by atoms with Gasteiger partial charge in [-0.3, -0.25) is 4.79 Å². The normalized spacial score (nSPS) is 19.5. The predicted octanol–water partition coefficient (Wildman–Crippen LogP) is 5.04. The summed E-state index contributed by atoms with van der Waals surface area (Å²) in [5.74, 6) is -1.50. The number of likely N-dealkylation sites (N-methyl/N-ethyl adjacent to an activating group) is 1. The number of carbonyl (C=O) groups is 1. The third-order valence-corrected chi connectivity index (χ3v) is 8.91. The van der Waals surface area contributed by atoms with Gasteiger partial charge in [-0.1, -0.05) is 30.8 Å². The molecule has 212 valence electrons. The molecule has 1 saturated carbocycles. The topological polar surface area (TPSA) is 103 Å². The first kappa shape index (κ1) is 27.2. The monoisotopic (exact) mass is 554 g/mol. The van der Waals surface area contributed by atoms with Crippen LogP contribution in [0.15, 0.2) is 48.8 Å². The van der Waals surface area contributed by atoms with E-state index in [1.807, 2.05) is 12.1 Å². The van der Waals surface area contributed by atoms with E-state index in [2.05, 4.69) is 64.5 Å². The van der Waals surface area contributed by atoms with Crippen LogP contribution in [0, 0.1) is 11.3 Å². The first-order valence-corrected chi connectivity index (χ1v) is 14.4. The van der Waals surface area contributed by atoms with Crippen molar-refractivity contribution in [1.29, 1.82) is 5.26 Å². The van der Waals surface area contributed by atoms with Crippen molar-refractivity contribution >= 4 is 22.6 Å². The number of carbonyl (C=O) groups excluding carboxylic acids is 1. The smallest absolute Gasteiger partial charge is 0.318 e. The fourth-order valence-electron chi connectivity index (χ4n) is 6.43. The van der Waals surface area contributed by atoms with Gasteiger partial charge < -0.3 is 20.3 Å². The Morgan fingerprint density at radius 2 is 2.15 bits per heavy atom.